The molecule has 7 aromatic carbocycles. The Balaban J connectivity index is 1.32. The van der Waals surface area contributed by atoms with Crippen LogP contribution in [0.3, 0.4) is 0 Å². The maximum absolute atomic E-state index is 2.51. The van der Waals surface area contributed by atoms with Crippen molar-refractivity contribution in [2.24, 2.45) is 0 Å². The topological polar surface area (TPSA) is 4.41 Å². The van der Waals surface area contributed by atoms with Crippen LogP contribution in [-0.2, 0) is 0 Å². The Morgan fingerprint density at radius 2 is 1.05 bits per heavy atom. The molecule has 10 rings (SSSR count). The molecule has 0 saturated carbocycles. The van der Waals surface area contributed by atoms with E-state index in [1.807, 2.05) is 11.3 Å². The average Bonchev–Trinajstić information content (AvgIpc) is 3.63. The third-order valence-corrected chi connectivity index (χ3v) is 9.83. The highest BCUT2D eigenvalue weighted by Crippen LogP contribution is 2.47. The van der Waals surface area contributed by atoms with Crippen LogP contribution in [0.1, 0.15) is 0 Å². The first-order valence-electron chi connectivity index (χ1n) is 13.1. The summed E-state index contributed by atoms with van der Waals surface area (Å²) in [6.07, 6.45) is 0. The first-order chi connectivity index (χ1) is 18.8. The molecule has 0 aliphatic heterocycles. The van der Waals surface area contributed by atoms with Crippen molar-refractivity contribution in [3.05, 3.63) is 115 Å². The lowest BCUT2D eigenvalue weighted by Crippen LogP contribution is -1.83. The van der Waals surface area contributed by atoms with Gasteiger partial charge in [-0.15, -0.1) is 11.3 Å². The molecule has 0 atom stereocenters. The van der Waals surface area contributed by atoms with Crippen molar-refractivity contribution in [3.63, 3.8) is 0 Å². The van der Waals surface area contributed by atoms with Crippen molar-refractivity contribution < 1.29 is 0 Å². The zero-order valence-corrected chi connectivity index (χ0v) is 21.1. The van der Waals surface area contributed by atoms with E-state index in [0.29, 0.717) is 0 Å². The molecule has 174 valence electrons. The van der Waals surface area contributed by atoms with Crippen molar-refractivity contribution in [3.8, 4) is 11.1 Å². The largest absolute Gasteiger partial charge is 0.308 e. The average molecular weight is 498 g/mol. The minimum absolute atomic E-state index is 1.27. The van der Waals surface area contributed by atoms with E-state index in [4.69, 9.17) is 0 Å². The minimum atomic E-state index is 1.27. The van der Waals surface area contributed by atoms with Gasteiger partial charge in [0.15, 0.2) is 0 Å². The van der Waals surface area contributed by atoms with Gasteiger partial charge in [-0.25, -0.2) is 0 Å². The lowest BCUT2D eigenvalue weighted by atomic mass is 9.93. The van der Waals surface area contributed by atoms with Crippen LogP contribution in [0.25, 0.3) is 90.9 Å². The second kappa shape index (κ2) is 6.61. The summed E-state index contributed by atoms with van der Waals surface area (Å²) >= 11 is 1.88. The Kier molecular flexibility index (Phi) is 3.38. The minimum Gasteiger partial charge on any atom is -0.308 e. The maximum Gasteiger partial charge on any atom is 0.0626 e. The number of nitrogens with zero attached hydrogens (tertiary/aromatic N) is 1. The monoisotopic (exact) mass is 497 g/mol. The summed E-state index contributed by atoms with van der Waals surface area (Å²) in [5.74, 6) is 0. The molecule has 38 heavy (non-hydrogen) atoms. The molecule has 0 fully saturated rings. The normalized spacial score (nSPS) is 12.7. The number of rotatable bonds is 1. The summed E-state index contributed by atoms with van der Waals surface area (Å²) in [6.45, 7) is 0. The van der Waals surface area contributed by atoms with Crippen LogP contribution < -0.4 is 0 Å². The maximum atomic E-state index is 2.51. The standard InChI is InChI=1S/C36H19NS/c1-2-7-23-22(6-1)25-9-5-10-31-34(25)35-26(23)14-15-27-28-18-20(12-16-30(28)37(31)36(27)35)21-13-17-33-29(19-21)24-8-3-4-11-32(24)38-33/h1-19H. The first-order valence-corrected chi connectivity index (χ1v) is 13.9. The lowest BCUT2D eigenvalue weighted by Gasteiger charge is -2.09. The molecule has 0 bridgehead atoms. The molecule has 0 amide bonds. The fraction of sp³-hybridized carbons (Fsp3) is 0. The van der Waals surface area contributed by atoms with Gasteiger partial charge in [0.25, 0.3) is 0 Å². The van der Waals surface area contributed by atoms with Gasteiger partial charge >= 0.3 is 0 Å². The van der Waals surface area contributed by atoms with E-state index in [-0.39, 0.29) is 0 Å². The molecule has 0 aliphatic carbocycles. The highest BCUT2D eigenvalue weighted by atomic mass is 32.1. The van der Waals surface area contributed by atoms with E-state index < -0.39 is 0 Å². The van der Waals surface area contributed by atoms with Gasteiger partial charge in [-0.1, -0.05) is 78.9 Å². The number of thiophene rings is 1. The number of benzene rings is 7. The van der Waals surface area contributed by atoms with Crippen LogP contribution in [0.2, 0.25) is 0 Å². The van der Waals surface area contributed by atoms with Crippen molar-refractivity contribution in [2.45, 2.75) is 0 Å². The predicted octanol–water partition coefficient (Wildman–Crippen LogP) is 10.6. The Morgan fingerprint density at radius 1 is 0.395 bits per heavy atom. The predicted molar refractivity (Wildman–Crippen MR) is 166 cm³/mol. The van der Waals surface area contributed by atoms with E-state index in [2.05, 4.69) is 120 Å². The summed E-state index contributed by atoms with van der Waals surface area (Å²) in [6, 6.07) is 43.1. The molecular weight excluding hydrogens is 478 g/mol. The molecule has 2 heteroatoms. The Labute approximate surface area is 221 Å². The van der Waals surface area contributed by atoms with Crippen molar-refractivity contribution in [1.82, 2.24) is 4.40 Å². The van der Waals surface area contributed by atoms with Crippen LogP contribution in [-0.4, -0.2) is 4.40 Å². The molecule has 1 nitrogen and oxygen atoms in total. The van der Waals surface area contributed by atoms with Crippen LogP contribution in [0.15, 0.2) is 115 Å². The summed E-state index contributed by atoms with van der Waals surface area (Å²) in [5.41, 5.74) is 6.48. The highest BCUT2D eigenvalue weighted by Gasteiger charge is 2.22. The second-order valence-electron chi connectivity index (χ2n) is 10.5. The van der Waals surface area contributed by atoms with Gasteiger partial charge in [0, 0.05) is 41.7 Å². The van der Waals surface area contributed by atoms with E-state index in [1.165, 1.54) is 90.9 Å². The van der Waals surface area contributed by atoms with Gasteiger partial charge in [-0.2, -0.15) is 0 Å². The van der Waals surface area contributed by atoms with E-state index >= 15 is 0 Å². The third kappa shape index (κ3) is 2.21. The van der Waals surface area contributed by atoms with Gasteiger partial charge in [0.2, 0.25) is 0 Å². The number of aromatic nitrogens is 1. The van der Waals surface area contributed by atoms with Crippen molar-refractivity contribution in [2.75, 3.05) is 0 Å². The fourth-order valence-electron chi connectivity index (χ4n) is 7.09. The van der Waals surface area contributed by atoms with E-state index in [1.54, 1.807) is 0 Å². The number of hydrogen-bond donors (Lipinski definition) is 0. The van der Waals surface area contributed by atoms with Crippen LogP contribution in [0, 0.1) is 0 Å². The van der Waals surface area contributed by atoms with Crippen LogP contribution in [0.4, 0.5) is 0 Å². The summed E-state index contributed by atoms with van der Waals surface area (Å²) < 4.78 is 5.21. The Morgan fingerprint density at radius 3 is 1.92 bits per heavy atom. The zero-order valence-electron chi connectivity index (χ0n) is 20.3. The smallest absolute Gasteiger partial charge is 0.0626 e. The summed E-state index contributed by atoms with van der Waals surface area (Å²) in [4.78, 5) is 0. The second-order valence-corrected chi connectivity index (χ2v) is 11.6. The molecule has 0 N–H and O–H groups in total. The molecule has 3 aromatic heterocycles. The highest BCUT2D eigenvalue weighted by molar-refractivity contribution is 7.25. The fourth-order valence-corrected chi connectivity index (χ4v) is 8.17. The molecule has 0 unspecified atom stereocenters. The molecule has 3 heterocycles. The molecule has 10 aromatic rings. The van der Waals surface area contributed by atoms with Gasteiger partial charge in [-0.05, 0) is 69.1 Å². The zero-order chi connectivity index (χ0) is 24.5. The Hall–Kier alpha value is -4.66. The molecule has 0 spiro atoms. The van der Waals surface area contributed by atoms with Crippen LogP contribution >= 0.6 is 11.3 Å². The van der Waals surface area contributed by atoms with E-state index in [0.717, 1.165) is 0 Å². The lowest BCUT2D eigenvalue weighted by molar-refractivity contribution is 1.37. The van der Waals surface area contributed by atoms with Gasteiger partial charge in [0.1, 0.15) is 0 Å². The third-order valence-electron chi connectivity index (χ3n) is 8.68. The van der Waals surface area contributed by atoms with Crippen molar-refractivity contribution >= 4 is 91.1 Å². The molecular formula is C36H19NS. The van der Waals surface area contributed by atoms with Crippen LogP contribution in [0.5, 0.6) is 0 Å². The quantitative estimate of drug-likeness (QED) is 0.199. The molecule has 0 radical (unpaired) electrons. The molecule has 0 saturated heterocycles. The number of fused-ring (bicyclic) bond motifs is 10. The molecule has 0 aliphatic rings. The SMILES string of the molecule is c1ccc2c(c1)sc1ccc(-c3ccc4c(c3)c3ccc5c6ccccc6c6cccc7c6c5c3n47)cc12. The summed E-state index contributed by atoms with van der Waals surface area (Å²) in [5, 5.41) is 13.5. The van der Waals surface area contributed by atoms with Gasteiger partial charge in [0.05, 0.1) is 16.6 Å². The Bertz CT molecular complexity index is 2560. The number of hydrogen-bond acceptors (Lipinski definition) is 1. The first kappa shape index (κ1) is 19.5. The summed E-state index contributed by atoms with van der Waals surface area (Å²) in [7, 11) is 0. The van der Waals surface area contributed by atoms with Gasteiger partial charge in [-0.3, -0.25) is 0 Å². The van der Waals surface area contributed by atoms with Gasteiger partial charge < -0.3 is 4.40 Å². The van der Waals surface area contributed by atoms with Crippen molar-refractivity contribution in [1.29, 1.82) is 0 Å². The van der Waals surface area contributed by atoms with E-state index in [9.17, 15) is 0 Å².